The Morgan fingerprint density at radius 3 is 2.21 bits per heavy atom. The van der Waals surface area contributed by atoms with Crippen molar-refractivity contribution in [3.63, 3.8) is 0 Å². The molecule has 19 heavy (non-hydrogen) atoms. The third-order valence-electron chi connectivity index (χ3n) is 5.04. The van der Waals surface area contributed by atoms with E-state index in [0.717, 1.165) is 17.8 Å². The van der Waals surface area contributed by atoms with Crippen LogP contribution in [0.1, 0.15) is 45.4 Å². The summed E-state index contributed by atoms with van der Waals surface area (Å²) in [6.07, 6.45) is 7.49. The molecule has 4 fully saturated rings. The van der Waals surface area contributed by atoms with E-state index in [1.165, 1.54) is 45.0 Å². The van der Waals surface area contributed by atoms with Crippen LogP contribution in [0, 0.1) is 17.8 Å². The first-order valence-electron chi connectivity index (χ1n) is 7.47. The molecule has 0 aliphatic heterocycles. The van der Waals surface area contributed by atoms with Crippen LogP contribution in [0.4, 0.5) is 0 Å². The smallest absolute Gasteiger partial charge is 0.419 e. The van der Waals surface area contributed by atoms with Crippen LogP contribution in [0.5, 0.6) is 0 Å². The fraction of sp³-hybridized carbons (Fsp3) is 0.933. The largest absolute Gasteiger partial charge is 0.428 e. The molecule has 4 rings (SSSR count). The normalized spacial score (nSPS) is 41.2. The fourth-order valence-corrected chi connectivity index (χ4v) is 4.78. The number of hydrogen-bond donors (Lipinski definition) is 0. The van der Waals surface area contributed by atoms with Crippen molar-refractivity contribution in [2.24, 2.45) is 17.8 Å². The molecule has 4 nitrogen and oxygen atoms in total. The lowest BCUT2D eigenvalue weighted by atomic mass is 9.54. The molecule has 4 aliphatic carbocycles. The van der Waals surface area contributed by atoms with E-state index in [1.807, 2.05) is 0 Å². The third-order valence-corrected chi connectivity index (χ3v) is 5.04. The second-order valence-electron chi connectivity index (χ2n) is 6.59. The van der Waals surface area contributed by atoms with Crippen LogP contribution in [0.2, 0.25) is 0 Å². The van der Waals surface area contributed by atoms with Gasteiger partial charge in [-0.15, -0.1) is 0 Å². The van der Waals surface area contributed by atoms with E-state index in [4.69, 9.17) is 9.47 Å². The molecule has 0 aromatic heterocycles. The third kappa shape index (κ3) is 2.95. The zero-order valence-electron chi connectivity index (χ0n) is 11.6. The molecule has 4 aliphatic rings. The van der Waals surface area contributed by atoms with Crippen molar-refractivity contribution >= 4 is 6.47 Å². The highest BCUT2D eigenvalue weighted by Gasteiger charge is 2.51. The summed E-state index contributed by atoms with van der Waals surface area (Å²) in [7, 11) is 0. The van der Waals surface area contributed by atoms with Gasteiger partial charge in [-0.1, -0.05) is 0 Å². The predicted molar refractivity (Wildman–Crippen MR) is 69.0 cm³/mol. The summed E-state index contributed by atoms with van der Waals surface area (Å²) < 4.78 is 16.1. The molecule has 1 unspecified atom stereocenters. The Bertz CT molecular complexity index is 293. The Morgan fingerprint density at radius 1 is 1.11 bits per heavy atom. The van der Waals surface area contributed by atoms with Crippen LogP contribution in [0.15, 0.2) is 0 Å². The maximum atomic E-state index is 10.0. The fourth-order valence-electron chi connectivity index (χ4n) is 4.78. The summed E-state index contributed by atoms with van der Waals surface area (Å²) in [4.78, 5) is 10.0. The van der Waals surface area contributed by atoms with Crippen molar-refractivity contribution in [2.45, 2.75) is 57.3 Å². The highest BCUT2D eigenvalue weighted by Crippen LogP contribution is 2.57. The van der Waals surface area contributed by atoms with Crippen molar-refractivity contribution in [2.75, 3.05) is 13.2 Å². The molecule has 0 N–H and O–H groups in total. The molecule has 0 amide bonds. The molecule has 0 aromatic carbocycles. The predicted octanol–water partition coefficient (Wildman–Crippen LogP) is 2.42. The van der Waals surface area contributed by atoms with E-state index in [0.29, 0.717) is 13.2 Å². The molecule has 0 spiro atoms. The summed E-state index contributed by atoms with van der Waals surface area (Å²) in [6.45, 7) is 4.15. The minimum absolute atomic E-state index is 0.138. The molecule has 0 aromatic rings. The summed E-state index contributed by atoms with van der Waals surface area (Å²) in [6, 6.07) is 0. The molecule has 4 heteroatoms. The Labute approximate surface area is 114 Å². The zero-order valence-corrected chi connectivity index (χ0v) is 11.6. The Morgan fingerprint density at radius 2 is 1.68 bits per heavy atom. The average molecular weight is 267 g/mol. The van der Waals surface area contributed by atoms with Crippen LogP contribution in [0.3, 0.4) is 0 Å². The van der Waals surface area contributed by atoms with E-state index in [2.05, 4.69) is 4.74 Å². The van der Waals surface area contributed by atoms with Crippen molar-refractivity contribution in [3.05, 3.63) is 0 Å². The van der Waals surface area contributed by atoms with Gasteiger partial charge in [-0.2, -0.15) is 0 Å². The maximum Gasteiger partial charge on any atom is 0.419 e. The number of hydrogen-bond acceptors (Lipinski definition) is 4. The lowest BCUT2D eigenvalue weighted by molar-refractivity contribution is -0.178. The molecule has 4 saturated carbocycles. The lowest BCUT2D eigenvalue weighted by Crippen LogP contribution is -2.52. The molecular weight excluding hydrogens is 244 g/mol. The van der Waals surface area contributed by atoms with E-state index in [-0.39, 0.29) is 5.60 Å². The van der Waals surface area contributed by atoms with Gasteiger partial charge >= 0.3 is 6.47 Å². The molecule has 0 saturated heterocycles. The van der Waals surface area contributed by atoms with Crippen molar-refractivity contribution in [1.29, 1.82) is 0 Å². The summed E-state index contributed by atoms with van der Waals surface area (Å²) in [5.74, 6) is 2.71. The van der Waals surface area contributed by atoms with Crippen molar-refractivity contribution in [3.8, 4) is 0 Å². The lowest BCUT2D eigenvalue weighted by Gasteiger charge is -2.56. The van der Waals surface area contributed by atoms with Gasteiger partial charge in [-0.3, -0.25) is 0 Å². The van der Waals surface area contributed by atoms with Gasteiger partial charge in [0.1, 0.15) is 0 Å². The molecule has 1 atom stereocenters. The van der Waals surface area contributed by atoms with Gasteiger partial charge in [-0.25, -0.2) is 4.79 Å². The maximum absolute atomic E-state index is 10.0. The Kier molecular flexibility index (Phi) is 3.81. The first kappa shape index (κ1) is 13.4. The van der Waals surface area contributed by atoms with Crippen LogP contribution in [-0.2, 0) is 19.0 Å². The first-order valence-corrected chi connectivity index (χ1v) is 7.47. The summed E-state index contributed by atoms with van der Waals surface area (Å²) in [5, 5.41) is 0. The highest BCUT2D eigenvalue weighted by atomic mass is 16.7. The van der Waals surface area contributed by atoms with E-state index in [1.54, 1.807) is 6.92 Å². The number of rotatable bonds is 7. The summed E-state index contributed by atoms with van der Waals surface area (Å²) in [5.41, 5.74) is 0.138. The quantitative estimate of drug-likeness (QED) is 0.525. The minimum atomic E-state index is -0.530. The summed E-state index contributed by atoms with van der Waals surface area (Å²) >= 11 is 0. The Balaban J connectivity index is 1.44. The second-order valence-corrected chi connectivity index (χ2v) is 6.59. The van der Waals surface area contributed by atoms with Crippen LogP contribution < -0.4 is 0 Å². The van der Waals surface area contributed by atoms with Gasteiger partial charge in [0.25, 0.3) is 0 Å². The van der Waals surface area contributed by atoms with Crippen LogP contribution >= 0.6 is 0 Å². The van der Waals surface area contributed by atoms with Gasteiger partial charge in [0.05, 0.1) is 18.8 Å². The standard InChI is InChI=1S/C15H23O4/c1-11(18-10-16)17-2-3-19-15-7-12-4-13(8-15)6-14(5-12)9-15/h11-14H,2-9H2,1H3. The van der Waals surface area contributed by atoms with Crippen molar-refractivity contribution < 1.29 is 19.0 Å². The van der Waals surface area contributed by atoms with Gasteiger partial charge in [0.2, 0.25) is 6.29 Å². The SMILES string of the molecule is CC(O[C]=O)OCCOC12CC3CC(CC(C3)C1)C2. The first-order chi connectivity index (χ1) is 9.19. The van der Waals surface area contributed by atoms with Gasteiger partial charge in [0, 0.05) is 0 Å². The van der Waals surface area contributed by atoms with Gasteiger partial charge < -0.3 is 14.2 Å². The zero-order chi connectivity index (χ0) is 13.3. The highest BCUT2D eigenvalue weighted by molar-refractivity contribution is 5.38. The molecule has 4 bridgehead atoms. The monoisotopic (exact) mass is 267 g/mol. The van der Waals surface area contributed by atoms with Crippen LogP contribution in [-0.4, -0.2) is 31.6 Å². The number of ether oxygens (including phenoxy) is 3. The van der Waals surface area contributed by atoms with Gasteiger partial charge in [-0.05, 0) is 63.2 Å². The van der Waals surface area contributed by atoms with E-state index in [9.17, 15) is 4.79 Å². The van der Waals surface area contributed by atoms with Crippen molar-refractivity contribution in [1.82, 2.24) is 0 Å². The molecule has 1 radical (unpaired) electrons. The average Bonchev–Trinajstić information content (AvgIpc) is 2.33. The topological polar surface area (TPSA) is 44.8 Å². The Hall–Kier alpha value is -0.610. The molecular formula is C15H23O4. The van der Waals surface area contributed by atoms with E-state index < -0.39 is 6.29 Å². The van der Waals surface area contributed by atoms with E-state index >= 15 is 0 Å². The van der Waals surface area contributed by atoms with Gasteiger partial charge in [0.15, 0.2) is 0 Å². The number of carbonyl (C=O) groups excluding carboxylic acids is 1. The van der Waals surface area contributed by atoms with Crippen LogP contribution in [0.25, 0.3) is 0 Å². The molecule has 0 heterocycles. The minimum Gasteiger partial charge on any atom is -0.428 e. The second kappa shape index (κ2) is 5.41. The molecule has 107 valence electrons.